The molecule has 3 amide bonds. The van der Waals surface area contributed by atoms with Crippen molar-refractivity contribution in [1.29, 1.82) is 0 Å². The zero-order chi connectivity index (χ0) is 21.8. The van der Waals surface area contributed by atoms with Gasteiger partial charge in [0.05, 0.1) is 13.2 Å². The summed E-state index contributed by atoms with van der Waals surface area (Å²) in [5.74, 6) is -0.464. The molecule has 2 aromatic rings. The van der Waals surface area contributed by atoms with E-state index in [2.05, 4.69) is 21.3 Å². The SMILES string of the molecule is CCCC(=O)Nc1cccc(NC(=O)CNc2ccc(C(=O)NCCOC)cc2)c1. The second-order valence-electron chi connectivity index (χ2n) is 6.61. The molecular weight excluding hydrogens is 384 g/mol. The Kier molecular flexibility index (Phi) is 9.33. The first-order valence-electron chi connectivity index (χ1n) is 9.82. The van der Waals surface area contributed by atoms with Crippen LogP contribution in [0.15, 0.2) is 48.5 Å². The van der Waals surface area contributed by atoms with Crippen molar-refractivity contribution in [2.24, 2.45) is 0 Å². The maximum atomic E-state index is 12.2. The Hall–Kier alpha value is -3.39. The first kappa shape index (κ1) is 22.9. The zero-order valence-electron chi connectivity index (χ0n) is 17.3. The van der Waals surface area contributed by atoms with Gasteiger partial charge in [-0.1, -0.05) is 13.0 Å². The Bertz CT molecular complexity index is 852. The summed E-state index contributed by atoms with van der Waals surface area (Å²) in [6, 6.07) is 13.8. The topological polar surface area (TPSA) is 109 Å². The van der Waals surface area contributed by atoms with Crippen LogP contribution in [-0.4, -0.2) is 44.5 Å². The molecule has 0 saturated carbocycles. The summed E-state index contributed by atoms with van der Waals surface area (Å²) in [7, 11) is 1.57. The fraction of sp³-hybridized carbons (Fsp3) is 0.318. The van der Waals surface area contributed by atoms with Crippen LogP contribution in [0.2, 0.25) is 0 Å². The van der Waals surface area contributed by atoms with Gasteiger partial charge in [0.1, 0.15) is 0 Å². The van der Waals surface area contributed by atoms with E-state index in [4.69, 9.17) is 4.74 Å². The summed E-state index contributed by atoms with van der Waals surface area (Å²) < 4.78 is 4.90. The maximum Gasteiger partial charge on any atom is 0.251 e. The lowest BCUT2D eigenvalue weighted by molar-refractivity contribution is -0.116. The van der Waals surface area contributed by atoms with Gasteiger partial charge < -0.3 is 26.0 Å². The predicted octanol–water partition coefficient (Wildman–Crippen LogP) is 2.85. The third kappa shape index (κ3) is 7.92. The third-order valence-electron chi connectivity index (χ3n) is 4.10. The highest BCUT2D eigenvalue weighted by Crippen LogP contribution is 2.16. The number of hydrogen-bond acceptors (Lipinski definition) is 5. The highest BCUT2D eigenvalue weighted by Gasteiger charge is 2.07. The molecule has 30 heavy (non-hydrogen) atoms. The predicted molar refractivity (Wildman–Crippen MR) is 118 cm³/mol. The molecule has 0 spiro atoms. The largest absolute Gasteiger partial charge is 0.383 e. The van der Waals surface area contributed by atoms with Crippen molar-refractivity contribution in [3.8, 4) is 0 Å². The van der Waals surface area contributed by atoms with E-state index in [0.29, 0.717) is 36.5 Å². The molecule has 0 aliphatic rings. The maximum absolute atomic E-state index is 12.2. The van der Waals surface area contributed by atoms with Gasteiger partial charge in [-0.2, -0.15) is 0 Å². The molecule has 0 heterocycles. The molecule has 0 aromatic heterocycles. The highest BCUT2D eigenvalue weighted by atomic mass is 16.5. The molecule has 0 fully saturated rings. The summed E-state index contributed by atoms with van der Waals surface area (Å²) in [6.07, 6.45) is 1.22. The van der Waals surface area contributed by atoms with Gasteiger partial charge in [-0.3, -0.25) is 14.4 Å². The van der Waals surface area contributed by atoms with E-state index in [1.807, 2.05) is 6.92 Å². The smallest absolute Gasteiger partial charge is 0.251 e. The second-order valence-corrected chi connectivity index (χ2v) is 6.61. The molecule has 0 saturated heterocycles. The van der Waals surface area contributed by atoms with Crippen molar-refractivity contribution in [1.82, 2.24) is 5.32 Å². The number of anilines is 3. The van der Waals surface area contributed by atoms with Crippen LogP contribution >= 0.6 is 0 Å². The van der Waals surface area contributed by atoms with Gasteiger partial charge in [-0.05, 0) is 48.9 Å². The lowest BCUT2D eigenvalue weighted by Crippen LogP contribution is -2.26. The fourth-order valence-electron chi connectivity index (χ4n) is 2.62. The van der Waals surface area contributed by atoms with Crippen molar-refractivity contribution in [2.45, 2.75) is 19.8 Å². The standard InChI is InChI=1S/C22H28N4O4/c1-3-5-20(27)25-18-6-4-7-19(14-18)26-21(28)15-24-17-10-8-16(9-11-17)22(29)23-12-13-30-2/h4,6-11,14,24H,3,5,12-13,15H2,1-2H3,(H,23,29)(H,25,27)(H,26,28). The van der Waals surface area contributed by atoms with Crippen LogP contribution in [-0.2, 0) is 14.3 Å². The van der Waals surface area contributed by atoms with Crippen molar-refractivity contribution in [2.75, 3.05) is 42.8 Å². The van der Waals surface area contributed by atoms with Gasteiger partial charge in [0, 0.05) is 42.7 Å². The number of nitrogens with one attached hydrogen (secondary N) is 4. The van der Waals surface area contributed by atoms with Crippen molar-refractivity contribution < 1.29 is 19.1 Å². The Balaban J connectivity index is 1.82. The van der Waals surface area contributed by atoms with Gasteiger partial charge in [0.25, 0.3) is 5.91 Å². The molecule has 0 radical (unpaired) electrons. The van der Waals surface area contributed by atoms with E-state index >= 15 is 0 Å². The van der Waals surface area contributed by atoms with Crippen molar-refractivity contribution >= 4 is 34.8 Å². The van der Waals surface area contributed by atoms with Gasteiger partial charge in [0.15, 0.2) is 0 Å². The van der Waals surface area contributed by atoms with Gasteiger partial charge in [0.2, 0.25) is 11.8 Å². The minimum atomic E-state index is -0.228. The van der Waals surface area contributed by atoms with Crippen molar-refractivity contribution in [3.05, 3.63) is 54.1 Å². The van der Waals surface area contributed by atoms with E-state index < -0.39 is 0 Å². The van der Waals surface area contributed by atoms with E-state index in [1.165, 1.54) is 0 Å². The van der Waals surface area contributed by atoms with Gasteiger partial charge >= 0.3 is 0 Å². The molecular formula is C22H28N4O4. The average molecular weight is 412 g/mol. The number of rotatable bonds is 11. The first-order chi connectivity index (χ1) is 14.5. The average Bonchev–Trinajstić information content (AvgIpc) is 2.73. The molecule has 0 unspecified atom stereocenters. The molecule has 2 rings (SSSR count). The van der Waals surface area contributed by atoms with E-state index in [1.54, 1.807) is 55.6 Å². The minimum Gasteiger partial charge on any atom is -0.383 e. The number of benzene rings is 2. The Morgan fingerprint density at radius 1 is 0.900 bits per heavy atom. The molecule has 160 valence electrons. The van der Waals surface area contributed by atoms with E-state index in [9.17, 15) is 14.4 Å². The normalized spacial score (nSPS) is 10.2. The lowest BCUT2D eigenvalue weighted by atomic mass is 10.2. The molecule has 8 heteroatoms. The van der Waals surface area contributed by atoms with Crippen LogP contribution in [0.25, 0.3) is 0 Å². The van der Waals surface area contributed by atoms with Gasteiger partial charge in [-0.15, -0.1) is 0 Å². The summed E-state index contributed by atoms with van der Waals surface area (Å²) in [5.41, 5.74) is 2.49. The molecule has 0 aliphatic heterocycles. The highest BCUT2D eigenvalue weighted by molar-refractivity contribution is 5.96. The molecule has 0 bridgehead atoms. The lowest BCUT2D eigenvalue weighted by Gasteiger charge is -2.10. The van der Waals surface area contributed by atoms with Crippen LogP contribution in [0.4, 0.5) is 17.1 Å². The number of hydrogen-bond donors (Lipinski definition) is 4. The molecule has 8 nitrogen and oxygen atoms in total. The molecule has 4 N–H and O–H groups in total. The second kappa shape index (κ2) is 12.2. The number of carbonyl (C=O) groups is 3. The van der Waals surface area contributed by atoms with E-state index in [-0.39, 0.29) is 24.3 Å². The Morgan fingerprint density at radius 3 is 2.20 bits per heavy atom. The van der Waals surface area contributed by atoms with Gasteiger partial charge in [-0.25, -0.2) is 0 Å². The van der Waals surface area contributed by atoms with Crippen LogP contribution in [0.5, 0.6) is 0 Å². The Labute approximate surface area is 176 Å². The van der Waals surface area contributed by atoms with Crippen LogP contribution in [0.1, 0.15) is 30.1 Å². The van der Waals surface area contributed by atoms with Crippen LogP contribution < -0.4 is 21.3 Å². The summed E-state index contributed by atoms with van der Waals surface area (Å²) >= 11 is 0. The first-order valence-corrected chi connectivity index (χ1v) is 9.82. The number of methoxy groups -OCH3 is 1. The summed E-state index contributed by atoms with van der Waals surface area (Å²) in [4.78, 5) is 35.9. The molecule has 0 aliphatic carbocycles. The van der Waals surface area contributed by atoms with Crippen molar-refractivity contribution in [3.63, 3.8) is 0 Å². The Morgan fingerprint density at radius 2 is 1.57 bits per heavy atom. The number of ether oxygens (including phenoxy) is 1. The monoisotopic (exact) mass is 412 g/mol. The number of carbonyl (C=O) groups excluding carboxylic acids is 3. The summed E-state index contributed by atoms with van der Waals surface area (Å²) in [6.45, 7) is 2.90. The minimum absolute atomic E-state index is 0.0570. The fourth-order valence-corrected chi connectivity index (χ4v) is 2.62. The number of amides is 3. The van der Waals surface area contributed by atoms with Crippen LogP contribution in [0.3, 0.4) is 0 Å². The van der Waals surface area contributed by atoms with Crippen LogP contribution in [0, 0.1) is 0 Å². The quantitative estimate of drug-likeness (QED) is 0.425. The molecule has 2 aromatic carbocycles. The third-order valence-corrected chi connectivity index (χ3v) is 4.10. The summed E-state index contributed by atoms with van der Waals surface area (Å²) in [5, 5.41) is 11.3. The van der Waals surface area contributed by atoms with E-state index in [0.717, 1.165) is 12.1 Å². The molecule has 0 atom stereocenters. The zero-order valence-corrected chi connectivity index (χ0v) is 17.3.